The lowest BCUT2D eigenvalue weighted by Gasteiger charge is -2.30. The molecule has 1 rings (SSSR count). The lowest BCUT2D eigenvalue weighted by Crippen LogP contribution is -2.51. The summed E-state index contributed by atoms with van der Waals surface area (Å²) in [5, 5.41) is -0.777. The molecule has 0 aromatic heterocycles. The van der Waals surface area contributed by atoms with E-state index in [-0.39, 0.29) is 6.10 Å². The van der Waals surface area contributed by atoms with Crippen molar-refractivity contribution in [1.82, 2.24) is 0 Å². The van der Waals surface area contributed by atoms with E-state index in [0.717, 1.165) is 25.7 Å². The van der Waals surface area contributed by atoms with Gasteiger partial charge in [0.2, 0.25) is 14.1 Å². The second kappa shape index (κ2) is 13.5. The van der Waals surface area contributed by atoms with Crippen LogP contribution in [0.5, 0.6) is 0 Å². The highest BCUT2D eigenvalue weighted by molar-refractivity contribution is 6.84. The van der Waals surface area contributed by atoms with E-state index < -0.39 is 42.6 Å². The van der Waals surface area contributed by atoms with Gasteiger partial charge in [-0.25, -0.2) is 22.0 Å². The minimum atomic E-state index is -3.33. The Morgan fingerprint density at radius 3 is 1.47 bits per heavy atom. The Morgan fingerprint density at radius 2 is 1.03 bits per heavy atom. The number of halogens is 5. The van der Waals surface area contributed by atoms with Gasteiger partial charge in [0.1, 0.15) is 0 Å². The van der Waals surface area contributed by atoms with E-state index in [1.165, 1.54) is 58.0 Å². The van der Waals surface area contributed by atoms with Gasteiger partial charge in [0, 0.05) is 11.3 Å². The van der Waals surface area contributed by atoms with Gasteiger partial charge in [-0.2, -0.15) is 0 Å². The van der Waals surface area contributed by atoms with Crippen LogP contribution in [0.1, 0.15) is 90.9 Å². The van der Waals surface area contributed by atoms with Crippen LogP contribution in [0.15, 0.2) is 0 Å². The number of hydrogen-bond donors (Lipinski definition) is 0. The van der Waals surface area contributed by atoms with Crippen molar-refractivity contribution in [3.05, 3.63) is 29.1 Å². The molecule has 1 unspecified atom stereocenters. The van der Waals surface area contributed by atoms with Gasteiger partial charge in [-0.15, -0.1) is 0 Å². The topological polar surface area (TPSA) is 9.23 Å². The Hall–Kier alpha value is -0.953. The van der Waals surface area contributed by atoms with Crippen molar-refractivity contribution >= 4 is 13.5 Å². The first-order valence-corrected chi connectivity index (χ1v) is 14.3. The minimum Gasteiger partial charge on any atom is -0.410 e. The average Bonchev–Trinajstić information content (AvgIpc) is 2.71. The van der Waals surface area contributed by atoms with Gasteiger partial charge in [0.15, 0.2) is 23.3 Å². The molecule has 0 radical (unpaired) electrons. The molecule has 30 heavy (non-hydrogen) atoms. The Morgan fingerprint density at radius 1 is 0.633 bits per heavy atom. The van der Waals surface area contributed by atoms with Crippen LogP contribution in [-0.2, 0) is 4.43 Å². The van der Waals surface area contributed by atoms with E-state index in [0.29, 0.717) is 6.42 Å². The lowest BCUT2D eigenvalue weighted by atomic mass is 10.0. The van der Waals surface area contributed by atoms with E-state index in [4.69, 9.17) is 4.43 Å². The number of benzene rings is 1. The third kappa shape index (κ3) is 7.95. The summed E-state index contributed by atoms with van der Waals surface area (Å²) in [6.45, 7) is 7.07. The summed E-state index contributed by atoms with van der Waals surface area (Å²) in [5.41, 5.74) is 0. The van der Waals surface area contributed by atoms with Crippen molar-refractivity contribution in [3.8, 4) is 0 Å². The van der Waals surface area contributed by atoms with Gasteiger partial charge in [0.25, 0.3) is 0 Å². The van der Waals surface area contributed by atoms with E-state index >= 15 is 0 Å². The van der Waals surface area contributed by atoms with Crippen molar-refractivity contribution in [2.24, 2.45) is 0 Å². The molecule has 0 aliphatic carbocycles. The second-order valence-electron chi connectivity index (χ2n) is 8.57. The van der Waals surface area contributed by atoms with Crippen molar-refractivity contribution in [1.29, 1.82) is 0 Å². The zero-order valence-corrected chi connectivity index (χ0v) is 19.9. The van der Waals surface area contributed by atoms with Gasteiger partial charge in [-0.3, -0.25) is 0 Å². The molecule has 1 aromatic rings. The van der Waals surface area contributed by atoms with Gasteiger partial charge >= 0.3 is 0 Å². The number of rotatable bonds is 15. The molecule has 174 valence electrons. The Labute approximate surface area is 179 Å². The lowest BCUT2D eigenvalue weighted by molar-refractivity contribution is 0.176. The SMILES string of the molecule is CCCCCCCCCCCCC(CC)O[Si](C)(C)c1c(F)c(F)c(F)c(F)c1F. The first-order chi connectivity index (χ1) is 14.2. The predicted molar refractivity (Wildman–Crippen MR) is 115 cm³/mol. The van der Waals surface area contributed by atoms with Crippen molar-refractivity contribution in [2.45, 2.75) is 110 Å². The summed E-state index contributed by atoms with van der Waals surface area (Å²) >= 11 is 0. The molecular weight excluding hydrogens is 415 g/mol. The molecule has 0 aliphatic heterocycles. The van der Waals surface area contributed by atoms with Crippen LogP contribution in [0, 0.1) is 29.1 Å². The summed E-state index contributed by atoms with van der Waals surface area (Å²) in [4.78, 5) is 0. The van der Waals surface area contributed by atoms with E-state index in [2.05, 4.69) is 6.92 Å². The molecule has 1 nitrogen and oxygen atoms in total. The fourth-order valence-electron chi connectivity index (χ4n) is 3.81. The highest BCUT2D eigenvalue weighted by Gasteiger charge is 2.39. The van der Waals surface area contributed by atoms with Crippen LogP contribution < -0.4 is 5.19 Å². The monoisotopic (exact) mass is 452 g/mol. The molecule has 0 bridgehead atoms. The minimum absolute atomic E-state index is 0.254. The van der Waals surface area contributed by atoms with Gasteiger partial charge in [-0.1, -0.05) is 78.1 Å². The summed E-state index contributed by atoms with van der Waals surface area (Å²) < 4.78 is 74.9. The predicted octanol–water partition coefficient (Wildman–Crippen LogP) is 7.90. The maximum atomic E-state index is 14.2. The number of hydrogen-bond acceptors (Lipinski definition) is 1. The van der Waals surface area contributed by atoms with Crippen LogP contribution >= 0.6 is 0 Å². The highest BCUT2D eigenvalue weighted by Crippen LogP contribution is 2.23. The van der Waals surface area contributed by atoms with E-state index in [1.807, 2.05) is 6.92 Å². The van der Waals surface area contributed by atoms with Gasteiger partial charge in [0.05, 0.1) is 0 Å². The largest absolute Gasteiger partial charge is 0.410 e. The molecule has 7 heteroatoms. The fraction of sp³-hybridized carbons (Fsp3) is 0.739. The van der Waals surface area contributed by atoms with Crippen LogP contribution in [0.2, 0.25) is 13.1 Å². The van der Waals surface area contributed by atoms with Crippen LogP contribution in [0.3, 0.4) is 0 Å². The molecule has 0 saturated carbocycles. The molecule has 0 amide bonds. The maximum absolute atomic E-state index is 14.2. The molecule has 0 heterocycles. The Balaban J connectivity index is 2.52. The zero-order valence-electron chi connectivity index (χ0n) is 18.9. The molecule has 0 aliphatic rings. The first kappa shape index (κ1) is 27.1. The normalized spacial score (nSPS) is 13.1. The van der Waals surface area contributed by atoms with Crippen molar-refractivity contribution in [2.75, 3.05) is 0 Å². The van der Waals surface area contributed by atoms with E-state index in [9.17, 15) is 22.0 Å². The molecule has 1 aromatic carbocycles. The molecular formula is C23H37F5OSi. The van der Waals surface area contributed by atoms with Crippen LogP contribution in [0.25, 0.3) is 0 Å². The molecule has 0 spiro atoms. The Kier molecular flexibility index (Phi) is 12.1. The first-order valence-electron chi connectivity index (χ1n) is 11.4. The number of unbranched alkanes of at least 4 members (excludes halogenated alkanes) is 9. The summed E-state index contributed by atoms with van der Waals surface area (Å²) in [6.07, 6.45) is 13.1. The third-order valence-corrected chi connectivity index (χ3v) is 8.17. The fourth-order valence-corrected chi connectivity index (χ4v) is 6.33. The molecule has 0 N–H and O–H groups in total. The van der Waals surface area contributed by atoms with Gasteiger partial charge < -0.3 is 4.43 Å². The summed E-state index contributed by atoms with van der Waals surface area (Å²) in [7, 11) is -3.33. The van der Waals surface area contributed by atoms with Crippen LogP contribution in [-0.4, -0.2) is 14.4 Å². The average molecular weight is 453 g/mol. The highest BCUT2D eigenvalue weighted by atomic mass is 28.4. The molecule has 1 atom stereocenters. The second-order valence-corrected chi connectivity index (χ2v) is 12.3. The zero-order chi connectivity index (χ0) is 22.7. The van der Waals surface area contributed by atoms with Crippen LogP contribution in [0.4, 0.5) is 22.0 Å². The Bertz CT molecular complexity index is 622. The van der Waals surface area contributed by atoms with Crippen molar-refractivity contribution < 1.29 is 26.4 Å². The third-order valence-electron chi connectivity index (χ3n) is 5.61. The standard InChI is InChI=1S/C23H37F5OSi/c1-5-7-8-9-10-11-12-13-14-15-16-17(6-2)29-30(3,4)23-21(27)19(25)18(24)20(26)22(23)28/h17H,5-16H2,1-4H3. The van der Waals surface area contributed by atoms with Crippen molar-refractivity contribution in [3.63, 3.8) is 0 Å². The smallest absolute Gasteiger partial charge is 0.225 e. The maximum Gasteiger partial charge on any atom is 0.225 e. The summed E-state index contributed by atoms with van der Waals surface area (Å²) in [5.74, 6) is -9.48. The van der Waals surface area contributed by atoms with Gasteiger partial charge in [-0.05, 0) is 25.9 Å². The molecule has 0 saturated heterocycles. The quantitative estimate of drug-likeness (QED) is 0.0864. The van der Waals surface area contributed by atoms with E-state index in [1.54, 1.807) is 0 Å². The summed E-state index contributed by atoms with van der Waals surface area (Å²) in [6, 6.07) is 0. The molecule has 0 fully saturated rings.